The molecule has 0 radical (unpaired) electrons. The molecule has 1 aromatic heterocycles. The van der Waals surface area contributed by atoms with Gasteiger partial charge in [0, 0.05) is 5.56 Å². The van der Waals surface area contributed by atoms with E-state index in [1.54, 1.807) is 30.3 Å². The number of carbonyl (C=O) groups is 1. The minimum atomic E-state index is -2.36. The van der Waals surface area contributed by atoms with Crippen LogP contribution in [-0.2, 0) is 15.3 Å². The monoisotopic (exact) mass is 578 g/mol. The van der Waals surface area contributed by atoms with E-state index in [4.69, 9.17) is 23.7 Å². The predicted octanol–water partition coefficient (Wildman–Crippen LogP) is 5.49. The van der Waals surface area contributed by atoms with E-state index in [2.05, 4.69) is 8.75 Å². The van der Waals surface area contributed by atoms with Gasteiger partial charge in [-0.15, -0.1) is 0 Å². The normalized spacial score (nSPS) is 19.1. The van der Waals surface area contributed by atoms with Crippen molar-refractivity contribution < 1.29 is 38.0 Å². The van der Waals surface area contributed by atoms with Crippen LogP contribution < -0.4 is 18.9 Å². The topological polar surface area (TPSA) is 109 Å². The first-order valence-electron chi connectivity index (χ1n) is 13.1. The molecule has 0 amide bonds. The van der Waals surface area contributed by atoms with Gasteiger partial charge in [-0.2, -0.15) is 8.75 Å². The van der Waals surface area contributed by atoms with Gasteiger partial charge in [-0.3, -0.25) is 0 Å². The fourth-order valence-corrected chi connectivity index (χ4v) is 5.96. The Morgan fingerprint density at radius 1 is 0.902 bits per heavy atom. The molecule has 3 aromatic carbocycles. The summed E-state index contributed by atoms with van der Waals surface area (Å²) in [7, 11) is 4.34. The Bertz CT molecular complexity index is 1660. The van der Waals surface area contributed by atoms with Gasteiger partial charge in [-0.25, -0.2) is 9.18 Å². The molecule has 1 aliphatic heterocycles. The molecule has 1 fully saturated rings. The van der Waals surface area contributed by atoms with Gasteiger partial charge in [0.25, 0.3) is 5.79 Å². The second-order valence-corrected chi connectivity index (χ2v) is 10.4. The molecule has 1 unspecified atom stereocenters. The van der Waals surface area contributed by atoms with Crippen LogP contribution in [0.3, 0.4) is 0 Å². The van der Waals surface area contributed by atoms with Crippen LogP contribution in [0.5, 0.6) is 23.0 Å². The number of nitrogens with zero attached hydrogens (tertiary/aromatic N) is 2. The maximum absolute atomic E-state index is 14.9. The minimum Gasteiger partial charge on any atom is -0.494 e. The molecule has 2 aliphatic rings. The molecule has 212 valence electrons. The summed E-state index contributed by atoms with van der Waals surface area (Å²) >= 11 is 1.05. The number of esters is 1. The first kappa shape index (κ1) is 27.0. The summed E-state index contributed by atoms with van der Waals surface area (Å²) in [5.41, 5.74) is 2.19. The molecular weight excluding hydrogens is 551 g/mol. The van der Waals surface area contributed by atoms with Crippen LogP contribution in [-0.4, -0.2) is 47.3 Å². The van der Waals surface area contributed by atoms with Crippen LogP contribution in [0.1, 0.15) is 42.4 Å². The highest BCUT2D eigenvalue weighted by atomic mass is 32.1. The third kappa shape index (κ3) is 4.64. The van der Waals surface area contributed by atoms with Gasteiger partial charge in [-0.05, 0) is 79.3 Å². The average molecular weight is 579 g/mol. The Balaban J connectivity index is 1.59. The molecule has 1 atom stereocenters. The maximum atomic E-state index is 14.9. The molecule has 2 heterocycles. The van der Waals surface area contributed by atoms with Gasteiger partial charge in [-0.1, -0.05) is 6.07 Å². The Labute approximate surface area is 239 Å². The van der Waals surface area contributed by atoms with Crippen molar-refractivity contribution in [3.05, 3.63) is 71.0 Å². The Kier molecular flexibility index (Phi) is 7.00. The summed E-state index contributed by atoms with van der Waals surface area (Å²) in [5.74, 6) is -2.80. The van der Waals surface area contributed by atoms with Gasteiger partial charge in [0.05, 0.1) is 50.3 Å². The van der Waals surface area contributed by atoms with Gasteiger partial charge in [0.2, 0.25) is 5.75 Å². The molecule has 41 heavy (non-hydrogen) atoms. The Morgan fingerprint density at radius 2 is 1.59 bits per heavy atom. The number of hydrogen-bond acceptors (Lipinski definition) is 10. The smallest absolute Gasteiger partial charge is 0.342 e. The molecule has 4 aromatic rings. The van der Waals surface area contributed by atoms with Crippen molar-refractivity contribution in [2.24, 2.45) is 0 Å². The zero-order chi connectivity index (χ0) is 28.7. The molecule has 0 saturated heterocycles. The zero-order valence-electron chi connectivity index (χ0n) is 22.6. The second-order valence-electron chi connectivity index (χ2n) is 9.83. The summed E-state index contributed by atoms with van der Waals surface area (Å²) in [4.78, 5) is 13.6. The second kappa shape index (κ2) is 10.6. The first-order valence-corrected chi connectivity index (χ1v) is 13.8. The van der Waals surface area contributed by atoms with E-state index in [-0.39, 0.29) is 28.6 Å². The number of fused-ring (bicyclic) bond motifs is 1. The lowest BCUT2D eigenvalue weighted by atomic mass is 9.87. The molecule has 11 heteroatoms. The van der Waals surface area contributed by atoms with Crippen molar-refractivity contribution >= 4 is 39.9 Å². The summed E-state index contributed by atoms with van der Waals surface area (Å²) in [6.07, 6.45) is 4.01. The van der Waals surface area contributed by atoms with Crippen molar-refractivity contribution in [1.82, 2.24) is 8.75 Å². The van der Waals surface area contributed by atoms with Gasteiger partial charge >= 0.3 is 5.97 Å². The number of halogens is 1. The number of benzene rings is 3. The molecule has 0 spiro atoms. The number of ether oxygens (including phenoxy) is 5. The number of carbonyl (C=O) groups excluding carboxylic acids is 1. The van der Waals surface area contributed by atoms with E-state index < -0.39 is 17.6 Å². The standard InChI is InChI=1S/C30H27FN2O7S/c1-36-23-11-9-18(15-20(23)31)30(35)27(26(29(34)40-30)16-8-10-21-22(12-16)33-41-32-21)17-13-24(37-2)28(25(14-17)38-3)39-19-6-4-5-7-19/h8-15,19,35H,4-7H2,1-3H3. The van der Waals surface area contributed by atoms with Crippen LogP contribution in [0, 0.1) is 5.82 Å². The number of rotatable bonds is 8. The summed E-state index contributed by atoms with van der Waals surface area (Å²) in [6, 6.07) is 12.3. The van der Waals surface area contributed by atoms with E-state index in [1.807, 2.05) is 0 Å². The van der Waals surface area contributed by atoms with Gasteiger partial charge in [0.1, 0.15) is 11.0 Å². The molecule has 1 N–H and O–H groups in total. The number of hydrogen-bond donors (Lipinski definition) is 1. The van der Waals surface area contributed by atoms with Crippen molar-refractivity contribution in [3.63, 3.8) is 0 Å². The highest BCUT2D eigenvalue weighted by Crippen LogP contribution is 2.52. The first-order chi connectivity index (χ1) is 19.9. The van der Waals surface area contributed by atoms with Crippen LogP contribution in [0.15, 0.2) is 48.5 Å². The van der Waals surface area contributed by atoms with E-state index in [1.165, 1.54) is 33.5 Å². The number of cyclic esters (lactones) is 1. The SMILES string of the molecule is COc1ccc(C2(O)OC(=O)C(c3ccc4nsnc4c3)=C2c2cc(OC)c(OC3CCCC3)c(OC)c2)cc1F. The highest BCUT2D eigenvalue weighted by molar-refractivity contribution is 7.00. The van der Waals surface area contributed by atoms with Crippen molar-refractivity contribution in [3.8, 4) is 23.0 Å². The van der Waals surface area contributed by atoms with E-state index in [0.717, 1.165) is 43.5 Å². The summed E-state index contributed by atoms with van der Waals surface area (Å²) < 4.78 is 51.8. The lowest BCUT2D eigenvalue weighted by molar-refractivity contribution is -0.178. The fourth-order valence-electron chi connectivity index (χ4n) is 5.44. The van der Waals surface area contributed by atoms with E-state index >= 15 is 0 Å². The van der Waals surface area contributed by atoms with E-state index in [0.29, 0.717) is 39.4 Å². The van der Waals surface area contributed by atoms with Crippen molar-refractivity contribution in [2.75, 3.05) is 21.3 Å². The molecule has 9 nitrogen and oxygen atoms in total. The maximum Gasteiger partial charge on any atom is 0.342 e. The number of methoxy groups -OCH3 is 3. The lowest BCUT2D eigenvalue weighted by Crippen LogP contribution is -2.28. The number of aromatic nitrogens is 2. The van der Waals surface area contributed by atoms with Gasteiger partial charge < -0.3 is 28.8 Å². The molecule has 1 aliphatic carbocycles. The average Bonchev–Trinajstić information content (AvgIpc) is 3.72. The van der Waals surface area contributed by atoms with Crippen LogP contribution >= 0.6 is 11.7 Å². The predicted molar refractivity (Wildman–Crippen MR) is 150 cm³/mol. The summed E-state index contributed by atoms with van der Waals surface area (Å²) in [5, 5.41) is 12.1. The van der Waals surface area contributed by atoms with Crippen molar-refractivity contribution in [1.29, 1.82) is 0 Å². The van der Waals surface area contributed by atoms with Crippen LogP contribution in [0.25, 0.3) is 22.2 Å². The quantitative estimate of drug-likeness (QED) is 0.272. The molecular formula is C30H27FN2O7S. The minimum absolute atomic E-state index is 0.00484. The molecule has 0 bridgehead atoms. The largest absolute Gasteiger partial charge is 0.494 e. The van der Waals surface area contributed by atoms with Crippen LogP contribution in [0.4, 0.5) is 4.39 Å². The highest BCUT2D eigenvalue weighted by Gasteiger charge is 2.50. The Morgan fingerprint density at radius 3 is 2.24 bits per heavy atom. The Hall–Kier alpha value is -4.22. The van der Waals surface area contributed by atoms with Crippen LogP contribution in [0.2, 0.25) is 0 Å². The van der Waals surface area contributed by atoms with E-state index in [9.17, 15) is 14.3 Å². The zero-order valence-corrected chi connectivity index (χ0v) is 23.4. The van der Waals surface area contributed by atoms with Gasteiger partial charge in [0.15, 0.2) is 23.1 Å². The van der Waals surface area contributed by atoms with Crippen molar-refractivity contribution in [2.45, 2.75) is 37.6 Å². The molecule has 1 saturated carbocycles. The summed E-state index contributed by atoms with van der Waals surface area (Å²) in [6.45, 7) is 0. The lowest BCUT2D eigenvalue weighted by Gasteiger charge is -2.27. The third-order valence-corrected chi connectivity index (χ3v) is 8.01. The fraction of sp³-hybridized carbons (Fsp3) is 0.300. The molecule has 6 rings (SSSR count). The number of aliphatic hydroxyl groups is 1. The third-order valence-electron chi connectivity index (χ3n) is 7.45.